The quantitative estimate of drug-likeness (QED) is 0.619. The maximum Gasteiger partial charge on any atom is 0.311 e. The van der Waals surface area contributed by atoms with Crippen molar-refractivity contribution in [3.05, 3.63) is 45.0 Å². The van der Waals surface area contributed by atoms with E-state index in [0.29, 0.717) is 12.6 Å². The highest BCUT2D eigenvalue weighted by Gasteiger charge is 2.21. The van der Waals surface area contributed by atoms with E-state index < -0.39 is 4.92 Å². The van der Waals surface area contributed by atoms with Gasteiger partial charge in [0.2, 0.25) is 0 Å². The number of nitro groups is 1. The van der Waals surface area contributed by atoms with E-state index in [2.05, 4.69) is 5.32 Å². The van der Waals surface area contributed by atoms with Crippen LogP contribution < -0.4 is 10.1 Å². The normalized spacial score (nSPS) is 15.2. The van der Waals surface area contributed by atoms with Crippen molar-refractivity contribution >= 4 is 17.3 Å². The Hall–Kier alpha value is -1.59. The molecule has 1 fully saturated rings. The third kappa shape index (κ3) is 4.21. The fraction of sp³-hybridized carbons (Fsp3) is 0.429. The molecule has 108 valence electrons. The Bertz CT molecular complexity index is 527. The third-order valence-corrected chi connectivity index (χ3v) is 3.41. The van der Waals surface area contributed by atoms with Crippen molar-refractivity contribution in [2.45, 2.75) is 32.4 Å². The predicted molar refractivity (Wildman–Crippen MR) is 78.1 cm³/mol. The van der Waals surface area contributed by atoms with Crippen LogP contribution >= 0.6 is 11.6 Å². The van der Waals surface area contributed by atoms with Crippen molar-refractivity contribution in [2.24, 2.45) is 0 Å². The molecular weight excluding hydrogens is 280 g/mol. The number of benzene rings is 1. The largest absolute Gasteiger partial charge is 0.482 e. The number of nitro benzene ring substituents is 1. The first-order valence-corrected chi connectivity index (χ1v) is 6.93. The lowest BCUT2D eigenvalue weighted by Gasteiger charge is -2.09. The Balaban J connectivity index is 2.07. The van der Waals surface area contributed by atoms with Gasteiger partial charge in [0, 0.05) is 24.2 Å². The third-order valence-electron chi connectivity index (χ3n) is 3.03. The molecule has 0 atom stereocenters. The second kappa shape index (κ2) is 6.72. The maximum atomic E-state index is 11.1. The zero-order chi connectivity index (χ0) is 14.5. The minimum atomic E-state index is -0.421. The lowest BCUT2D eigenvalue weighted by atomic mass is 10.2. The molecular formula is C14H17ClN2O3. The number of hydrogen-bond acceptors (Lipinski definition) is 4. The van der Waals surface area contributed by atoms with E-state index in [1.54, 1.807) is 19.1 Å². The van der Waals surface area contributed by atoms with E-state index in [4.69, 9.17) is 16.3 Å². The van der Waals surface area contributed by atoms with Crippen molar-refractivity contribution < 1.29 is 9.66 Å². The fourth-order valence-corrected chi connectivity index (χ4v) is 1.77. The van der Waals surface area contributed by atoms with Crippen LogP contribution in [0.4, 0.5) is 5.69 Å². The van der Waals surface area contributed by atoms with Gasteiger partial charge < -0.3 is 10.1 Å². The number of halogens is 1. The molecule has 2 rings (SSSR count). The molecule has 0 aliphatic heterocycles. The van der Waals surface area contributed by atoms with E-state index in [0.717, 1.165) is 11.1 Å². The first-order valence-electron chi connectivity index (χ1n) is 6.49. The summed E-state index contributed by atoms with van der Waals surface area (Å²) in [7, 11) is 0. The van der Waals surface area contributed by atoms with Gasteiger partial charge in [0.25, 0.3) is 0 Å². The van der Waals surface area contributed by atoms with Crippen LogP contribution in [0, 0.1) is 10.1 Å². The summed E-state index contributed by atoms with van der Waals surface area (Å²) >= 11 is 5.54. The van der Waals surface area contributed by atoms with Crippen LogP contribution in [0.5, 0.6) is 5.75 Å². The SMILES string of the molecule is C/C(=C/Cl)COc1ccc(CNC2CC2)cc1[N+](=O)[O-]. The summed E-state index contributed by atoms with van der Waals surface area (Å²) in [5, 5.41) is 14.4. The van der Waals surface area contributed by atoms with Crippen LogP contribution in [0.15, 0.2) is 29.3 Å². The summed E-state index contributed by atoms with van der Waals surface area (Å²) in [6.07, 6.45) is 2.38. The Morgan fingerprint density at radius 1 is 1.60 bits per heavy atom. The Morgan fingerprint density at radius 2 is 2.35 bits per heavy atom. The molecule has 1 aromatic carbocycles. The standard InChI is InChI=1S/C14H17ClN2O3/c1-10(7-15)9-20-14-5-2-11(6-13(14)17(18)19)8-16-12-3-4-12/h2,5-7,12,16H,3-4,8-9H2,1H3/b10-7-. The molecule has 1 aliphatic rings. The van der Waals surface area contributed by atoms with Gasteiger partial charge in [-0.3, -0.25) is 10.1 Å². The highest BCUT2D eigenvalue weighted by Crippen LogP contribution is 2.29. The van der Waals surface area contributed by atoms with E-state index in [1.165, 1.54) is 18.4 Å². The van der Waals surface area contributed by atoms with Crippen molar-refractivity contribution in [1.82, 2.24) is 5.32 Å². The average Bonchev–Trinajstić information content (AvgIpc) is 3.26. The lowest BCUT2D eigenvalue weighted by molar-refractivity contribution is -0.385. The Labute approximate surface area is 122 Å². The molecule has 20 heavy (non-hydrogen) atoms. The highest BCUT2D eigenvalue weighted by molar-refractivity contribution is 6.25. The number of ether oxygens (including phenoxy) is 1. The van der Waals surface area contributed by atoms with Crippen LogP contribution in [0.1, 0.15) is 25.3 Å². The van der Waals surface area contributed by atoms with Gasteiger partial charge in [-0.05, 0) is 37.0 Å². The number of nitrogens with zero attached hydrogens (tertiary/aromatic N) is 1. The molecule has 0 bridgehead atoms. The highest BCUT2D eigenvalue weighted by atomic mass is 35.5. The molecule has 1 saturated carbocycles. The van der Waals surface area contributed by atoms with Crippen LogP contribution in [0.3, 0.4) is 0 Å². The molecule has 1 N–H and O–H groups in total. The van der Waals surface area contributed by atoms with E-state index in [9.17, 15) is 10.1 Å². The minimum Gasteiger partial charge on any atom is -0.482 e. The number of nitrogens with one attached hydrogen (secondary N) is 1. The molecule has 1 aliphatic carbocycles. The number of rotatable bonds is 7. The first kappa shape index (κ1) is 14.8. The second-order valence-corrected chi connectivity index (χ2v) is 5.18. The molecule has 0 aromatic heterocycles. The minimum absolute atomic E-state index is 0.0116. The zero-order valence-electron chi connectivity index (χ0n) is 11.3. The molecule has 6 heteroatoms. The summed E-state index contributed by atoms with van der Waals surface area (Å²) < 4.78 is 5.43. The van der Waals surface area contributed by atoms with E-state index >= 15 is 0 Å². The van der Waals surface area contributed by atoms with Crippen LogP contribution in [-0.2, 0) is 6.54 Å². The van der Waals surface area contributed by atoms with Gasteiger partial charge in [0.05, 0.1) is 4.92 Å². The van der Waals surface area contributed by atoms with Crippen molar-refractivity contribution in [3.63, 3.8) is 0 Å². The molecule has 0 amide bonds. The lowest BCUT2D eigenvalue weighted by Crippen LogP contribution is -2.15. The number of hydrogen-bond donors (Lipinski definition) is 1. The zero-order valence-corrected chi connectivity index (χ0v) is 12.0. The molecule has 5 nitrogen and oxygen atoms in total. The monoisotopic (exact) mass is 296 g/mol. The average molecular weight is 297 g/mol. The molecule has 1 aromatic rings. The van der Waals surface area contributed by atoms with Crippen LogP contribution in [0.25, 0.3) is 0 Å². The van der Waals surface area contributed by atoms with Crippen molar-refractivity contribution in [3.8, 4) is 5.75 Å². The summed E-state index contributed by atoms with van der Waals surface area (Å²) in [5.74, 6) is 0.267. The molecule has 0 heterocycles. The molecule has 0 radical (unpaired) electrons. The van der Waals surface area contributed by atoms with E-state index in [1.807, 2.05) is 6.07 Å². The summed E-state index contributed by atoms with van der Waals surface area (Å²) in [4.78, 5) is 10.7. The van der Waals surface area contributed by atoms with Gasteiger partial charge in [0.1, 0.15) is 6.61 Å². The van der Waals surface area contributed by atoms with Crippen molar-refractivity contribution in [1.29, 1.82) is 0 Å². The fourth-order valence-electron chi connectivity index (χ4n) is 1.71. The van der Waals surface area contributed by atoms with Crippen LogP contribution in [-0.4, -0.2) is 17.6 Å². The topological polar surface area (TPSA) is 64.4 Å². The molecule has 0 spiro atoms. The molecule has 0 unspecified atom stereocenters. The van der Waals surface area contributed by atoms with Gasteiger partial charge >= 0.3 is 5.69 Å². The van der Waals surface area contributed by atoms with E-state index in [-0.39, 0.29) is 18.0 Å². The van der Waals surface area contributed by atoms with Crippen molar-refractivity contribution in [2.75, 3.05) is 6.61 Å². The maximum absolute atomic E-state index is 11.1. The second-order valence-electron chi connectivity index (χ2n) is 4.96. The Kier molecular flexibility index (Phi) is 4.98. The van der Waals surface area contributed by atoms with Gasteiger partial charge in [0.15, 0.2) is 5.75 Å². The summed E-state index contributed by atoms with van der Waals surface area (Å²) in [5.41, 5.74) is 3.09. The van der Waals surface area contributed by atoms with Gasteiger partial charge in [-0.2, -0.15) is 0 Å². The predicted octanol–water partition coefficient (Wildman–Crippen LogP) is 3.37. The summed E-state index contributed by atoms with van der Waals surface area (Å²) in [6, 6.07) is 5.62. The van der Waals surface area contributed by atoms with Gasteiger partial charge in [-0.15, -0.1) is 0 Å². The van der Waals surface area contributed by atoms with Crippen LogP contribution in [0.2, 0.25) is 0 Å². The molecule has 0 saturated heterocycles. The summed E-state index contributed by atoms with van der Waals surface area (Å²) in [6.45, 7) is 2.68. The Morgan fingerprint density at radius 3 is 2.95 bits per heavy atom. The first-order chi connectivity index (χ1) is 9.60. The van der Waals surface area contributed by atoms with Gasteiger partial charge in [-0.25, -0.2) is 0 Å². The smallest absolute Gasteiger partial charge is 0.311 e. The van der Waals surface area contributed by atoms with Gasteiger partial charge in [-0.1, -0.05) is 17.7 Å².